The molecule has 0 bridgehead atoms. The lowest BCUT2D eigenvalue weighted by Crippen LogP contribution is -2.01. The molecule has 0 spiro atoms. The van der Waals surface area contributed by atoms with Crippen LogP contribution in [0.3, 0.4) is 0 Å². The molecule has 1 heterocycles. The van der Waals surface area contributed by atoms with Gasteiger partial charge in [0, 0.05) is 17.6 Å². The monoisotopic (exact) mass is 415 g/mol. The average Bonchev–Trinajstić information content (AvgIpc) is 3.11. The first kappa shape index (κ1) is 16.8. The van der Waals surface area contributed by atoms with Gasteiger partial charge in [-0.3, -0.25) is 0 Å². The number of fused-ring (bicyclic) bond motifs is 2. The Balaban J connectivity index is 1.63. The number of nitrogens with one attached hydrogen (secondary N) is 1. The number of hydrogen-bond acceptors (Lipinski definition) is 5. The van der Waals surface area contributed by atoms with E-state index in [2.05, 4.69) is 33.4 Å². The molecule has 1 N–H and O–H groups in total. The number of anilines is 1. The maximum atomic E-state index is 5.51. The lowest BCUT2D eigenvalue weighted by molar-refractivity contribution is 0.174. The van der Waals surface area contributed by atoms with Crippen LogP contribution in [0.15, 0.2) is 46.9 Å². The van der Waals surface area contributed by atoms with Crippen molar-refractivity contribution in [2.24, 2.45) is 0 Å². The van der Waals surface area contributed by atoms with Crippen LogP contribution in [-0.2, 0) is 6.54 Å². The van der Waals surface area contributed by atoms with Gasteiger partial charge in [-0.05, 0) is 57.2 Å². The predicted octanol–water partition coefficient (Wildman–Crippen LogP) is 4.96. The summed E-state index contributed by atoms with van der Waals surface area (Å²) in [7, 11) is 3.26. The molecule has 3 aromatic carbocycles. The molecular formula is C20H18BrNO4. The fourth-order valence-electron chi connectivity index (χ4n) is 3.09. The Hall–Kier alpha value is -2.60. The molecule has 6 heteroatoms. The van der Waals surface area contributed by atoms with Crippen molar-refractivity contribution >= 4 is 32.4 Å². The molecule has 0 saturated heterocycles. The Bertz CT molecular complexity index is 974. The van der Waals surface area contributed by atoms with Gasteiger partial charge in [0.1, 0.15) is 0 Å². The minimum Gasteiger partial charge on any atom is -0.493 e. The fraction of sp³-hybridized carbons (Fsp3) is 0.200. The zero-order valence-electron chi connectivity index (χ0n) is 14.5. The number of methoxy groups -OCH3 is 2. The molecule has 0 radical (unpaired) electrons. The van der Waals surface area contributed by atoms with Crippen LogP contribution in [0, 0.1) is 0 Å². The first-order valence-corrected chi connectivity index (χ1v) is 8.95. The molecule has 0 saturated carbocycles. The molecule has 0 atom stereocenters. The smallest absolute Gasteiger partial charge is 0.231 e. The highest BCUT2D eigenvalue weighted by atomic mass is 79.9. The third kappa shape index (κ3) is 3.01. The number of rotatable bonds is 5. The van der Waals surface area contributed by atoms with Gasteiger partial charge in [-0.1, -0.05) is 12.1 Å². The second-order valence-corrected chi connectivity index (χ2v) is 6.75. The van der Waals surface area contributed by atoms with Crippen molar-refractivity contribution in [1.29, 1.82) is 0 Å². The van der Waals surface area contributed by atoms with E-state index in [0.717, 1.165) is 38.0 Å². The van der Waals surface area contributed by atoms with Crippen LogP contribution in [0.2, 0.25) is 0 Å². The number of hydrogen-bond donors (Lipinski definition) is 1. The van der Waals surface area contributed by atoms with Crippen LogP contribution in [-0.4, -0.2) is 21.0 Å². The van der Waals surface area contributed by atoms with Gasteiger partial charge in [0.05, 0.1) is 18.7 Å². The normalized spacial score (nSPS) is 12.3. The van der Waals surface area contributed by atoms with Crippen molar-refractivity contribution in [2.75, 3.05) is 26.3 Å². The Morgan fingerprint density at radius 3 is 2.62 bits per heavy atom. The van der Waals surface area contributed by atoms with E-state index in [0.29, 0.717) is 18.0 Å². The molecule has 0 fully saturated rings. The zero-order valence-corrected chi connectivity index (χ0v) is 16.1. The fourth-order valence-corrected chi connectivity index (χ4v) is 3.74. The van der Waals surface area contributed by atoms with Crippen LogP contribution in [0.5, 0.6) is 23.0 Å². The largest absolute Gasteiger partial charge is 0.493 e. The van der Waals surface area contributed by atoms with E-state index in [1.54, 1.807) is 14.2 Å². The SMILES string of the molecule is COc1cc(CNc2cccc3cc4c(cc23)OCO4)cc(Br)c1OC. The minimum absolute atomic E-state index is 0.272. The highest BCUT2D eigenvalue weighted by molar-refractivity contribution is 9.10. The lowest BCUT2D eigenvalue weighted by Gasteiger charge is -2.14. The Morgan fingerprint density at radius 2 is 1.85 bits per heavy atom. The van der Waals surface area contributed by atoms with Gasteiger partial charge in [0.15, 0.2) is 23.0 Å². The van der Waals surface area contributed by atoms with Gasteiger partial charge in [0.2, 0.25) is 6.79 Å². The van der Waals surface area contributed by atoms with Crippen LogP contribution in [0.25, 0.3) is 10.8 Å². The van der Waals surface area contributed by atoms with Crippen molar-refractivity contribution in [3.05, 3.63) is 52.5 Å². The summed E-state index contributed by atoms with van der Waals surface area (Å²) in [6, 6.07) is 14.2. The molecule has 1 aliphatic heterocycles. The van der Waals surface area contributed by atoms with Gasteiger partial charge in [-0.2, -0.15) is 0 Å². The molecule has 3 aromatic rings. The van der Waals surface area contributed by atoms with E-state index in [1.807, 2.05) is 30.3 Å². The third-order valence-electron chi connectivity index (χ3n) is 4.35. The summed E-state index contributed by atoms with van der Waals surface area (Å²) in [5.41, 5.74) is 2.11. The predicted molar refractivity (Wildman–Crippen MR) is 105 cm³/mol. The van der Waals surface area contributed by atoms with Crippen molar-refractivity contribution in [1.82, 2.24) is 0 Å². The highest BCUT2D eigenvalue weighted by Crippen LogP contribution is 2.39. The van der Waals surface area contributed by atoms with Crippen LogP contribution in [0.4, 0.5) is 5.69 Å². The molecule has 1 aliphatic rings. The van der Waals surface area contributed by atoms with Crippen LogP contribution < -0.4 is 24.3 Å². The molecular weight excluding hydrogens is 398 g/mol. The summed E-state index contributed by atoms with van der Waals surface area (Å²) < 4.78 is 22.6. The number of halogens is 1. The van der Waals surface area contributed by atoms with Gasteiger partial charge in [0.25, 0.3) is 0 Å². The molecule has 0 unspecified atom stereocenters. The van der Waals surface area contributed by atoms with E-state index in [4.69, 9.17) is 18.9 Å². The Kier molecular flexibility index (Phi) is 4.51. The molecule has 5 nitrogen and oxygen atoms in total. The van der Waals surface area contributed by atoms with Crippen molar-refractivity contribution in [3.63, 3.8) is 0 Å². The van der Waals surface area contributed by atoms with Crippen molar-refractivity contribution < 1.29 is 18.9 Å². The van der Waals surface area contributed by atoms with Gasteiger partial charge in [-0.15, -0.1) is 0 Å². The van der Waals surface area contributed by atoms with Crippen molar-refractivity contribution in [2.45, 2.75) is 6.54 Å². The Labute approximate surface area is 159 Å². The van der Waals surface area contributed by atoms with E-state index in [1.165, 1.54) is 0 Å². The molecule has 26 heavy (non-hydrogen) atoms. The van der Waals surface area contributed by atoms with E-state index < -0.39 is 0 Å². The van der Waals surface area contributed by atoms with E-state index in [-0.39, 0.29) is 6.79 Å². The summed E-state index contributed by atoms with van der Waals surface area (Å²) in [5.74, 6) is 2.95. The van der Waals surface area contributed by atoms with Gasteiger partial charge < -0.3 is 24.3 Å². The zero-order chi connectivity index (χ0) is 18.1. The summed E-state index contributed by atoms with van der Waals surface area (Å²) in [6.07, 6.45) is 0. The minimum atomic E-state index is 0.272. The lowest BCUT2D eigenvalue weighted by atomic mass is 10.1. The molecule has 0 aliphatic carbocycles. The molecule has 4 rings (SSSR count). The number of benzene rings is 3. The Morgan fingerprint density at radius 1 is 1.04 bits per heavy atom. The summed E-state index contributed by atoms with van der Waals surface area (Å²) in [6.45, 7) is 0.917. The maximum absolute atomic E-state index is 5.51. The average molecular weight is 416 g/mol. The van der Waals surface area contributed by atoms with Crippen LogP contribution in [0.1, 0.15) is 5.56 Å². The molecule has 0 amide bonds. The van der Waals surface area contributed by atoms with Gasteiger partial charge in [-0.25, -0.2) is 0 Å². The summed E-state index contributed by atoms with van der Waals surface area (Å²) >= 11 is 3.54. The van der Waals surface area contributed by atoms with Crippen LogP contribution >= 0.6 is 15.9 Å². The third-order valence-corrected chi connectivity index (χ3v) is 4.94. The molecule has 0 aromatic heterocycles. The van der Waals surface area contributed by atoms with E-state index in [9.17, 15) is 0 Å². The topological polar surface area (TPSA) is 49.0 Å². The first-order chi connectivity index (χ1) is 12.7. The second kappa shape index (κ2) is 6.96. The maximum Gasteiger partial charge on any atom is 0.231 e. The standard InChI is InChI=1S/C20H18BrNO4/c1-23-19-7-12(6-15(21)20(19)24-2)10-22-16-5-3-4-13-8-17-18(9-14(13)16)26-11-25-17/h3-9,22H,10-11H2,1-2H3. The summed E-state index contributed by atoms with van der Waals surface area (Å²) in [4.78, 5) is 0. The molecule has 134 valence electrons. The highest BCUT2D eigenvalue weighted by Gasteiger charge is 2.16. The second-order valence-electron chi connectivity index (χ2n) is 5.90. The summed E-state index contributed by atoms with van der Waals surface area (Å²) in [5, 5.41) is 5.70. The quantitative estimate of drug-likeness (QED) is 0.637. The van der Waals surface area contributed by atoms with Gasteiger partial charge >= 0.3 is 0 Å². The van der Waals surface area contributed by atoms with Crippen molar-refractivity contribution in [3.8, 4) is 23.0 Å². The first-order valence-electron chi connectivity index (χ1n) is 8.16. The van der Waals surface area contributed by atoms with E-state index >= 15 is 0 Å². The number of ether oxygens (including phenoxy) is 4.